The molecule has 0 bridgehead atoms. The van der Waals surface area contributed by atoms with Crippen molar-refractivity contribution < 1.29 is 4.79 Å². The Kier molecular flexibility index (Phi) is 2.84. The molecule has 0 atom stereocenters. The molecular formula is C10H11NOS2. The number of hydrogen-bond acceptors (Lipinski definition) is 3. The van der Waals surface area contributed by atoms with Crippen LogP contribution in [0.4, 0.5) is 0 Å². The minimum Gasteiger partial charge on any atom is -0.351 e. The van der Waals surface area contributed by atoms with Gasteiger partial charge in [-0.15, -0.1) is 22.7 Å². The molecule has 4 heteroatoms. The van der Waals surface area contributed by atoms with Crippen LogP contribution in [0.15, 0.2) is 17.5 Å². The summed E-state index contributed by atoms with van der Waals surface area (Å²) < 4.78 is 2.41. The third-order valence-corrected chi connectivity index (χ3v) is 3.99. The highest BCUT2D eigenvalue weighted by molar-refractivity contribution is 7.27. The van der Waals surface area contributed by atoms with Crippen LogP contribution in [-0.4, -0.2) is 12.5 Å². The number of thiophene rings is 2. The fourth-order valence-corrected chi connectivity index (χ4v) is 3.23. The molecule has 1 N–H and O–H groups in total. The van der Waals surface area contributed by atoms with Crippen molar-refractivity contribution in [1.29, 1.82) is 0 Å². The van der Waals surface area contributed by atoms with E-state index in [1.165, 1.54) is 9.40 Å². The second-order valence-electron chi connectivity index (χ2n) is 3.02. The van der Waals surface area contributed by atoms with Crippen LogP contribution in [0.1, 0.15) is 23.0 Å². The first-order chi connectivity index (χ1) is 6.81. The van der Waals surface area contributed by atoms with Crippen LogP contribution in [0, 0.1) is 0 Å². The molecule has 0 aliphatic carbocycles. The van der Waals surface area contributed by atoms with E-state index in [0.717, 1.165) is 17.8 Å². The highest BCUT2D eigenvalue weighted by atomic mass is 32.1. The molecule has 0 aliphatic rings. The zero-order valence-electron chi connectivity index (χ0n) is 7.87. The predicted octanol–water partition coefficient (Wildman–Crippen LogP) is 3.10. The number of amides is 1. The lowest BCUT2D eigenvalue weighted by Gasteiger charge is -1.98. The molecule has 0 aromatic carbocycles. The number of hydrogen-bond donors (Lipinski definition) is 1. The van der Waals surface area contributed by atoms with Gasteiger partial charge in [-0.3, -0.25) is 4.79 Å². The molecule has 0 fully saturated rings. The average molecular weight is 225 g/mol. The first-order valence-corrected chi connectivity index (χ1v) is 6.26. The highest BCUT2D eigenvalue weighted by Gasteiger charge is 2.09. The van der Waals surface area contributed by atoms with Crippen molar-refractivity contribution in [3.63, 3.8) is 0 Å². The molecule has 0 unspecified atom stereocenters. The topological polar surface area (TPSA) is 29.1 Å². The summed E-state index contributed by atoms with van der Waals surface area (Å²) in [6.45, 7) is 2.80. The SMILES string of the molecule is CCCNC(=O)c1cc2sccc2s1. The Bertz CT molecular complexity index is 415. The van der Waals surface area contributed by atoms with Gasteiger partial charge >= 0.3 is 0 Å². The Morgan fingerprint density at radius 1 is 1.50 bits per heavy atom. The Labute approximate surface area is 90.6 Å². The summed E-state index contributed by atoms with van der Waals surface area (Å²) in [5.74, 6) is 0.0558. The molecular weight excluding hydrogens is 214 g/mol. The molecule has 2 aromatic rings. The van der Waals surface area contributed by atoms with Gasteiger partial charge in [-0.2, -0.15) is 0 Å². The van der Waals surface area contributed by atoms with E-state index >= 15 is 0 Å². The smallest absolute Gasteiger partial charge is 0.261 e. The van der Waals surface area contributed by atoms with Crippen LogP contribution in [0.2, 0.25) is 0 Å². The van der Waals surface area contributed by atoms with Crippen LogP contribution in [0.3, 0.4) is 0 Å². The maximum absolute atomic E-state index is 11.6. The molecule has 2 rings (SSSR count). The van der Waals surface area contributed by atoms with E-state index in [1.54, 1.807) is 22.7 Å². The molecule has 0 saturated carbocycles. The van der Waals surface area contributed by atoms with Gasteiger partial charge < -0.3 is 5.32 Å². The van der Waals surface area contributed by atoms with Gasteiger partial charge in [0.15, 0.2) is 0 Å². The number of carbonyl (C=O) groups is 1. The van der Waals surface area contributed by atoms with Gasteiger partial charge in [0.25, 0.3) is 5.91 Å². The summed E-state index contributed by atoms with van der Waals surface area (Å²) >= 11 is 3.24. The monoisotopic (exact) mass is 225 g/mol. The van der Waals surface area contributed by atoms with Crippen molar-refractivity contribution in [3.05, 3.63) is 22.4 Å². The van der Waals surface area contributed by atoms with E-state index in [9.17, 15) is 4.79 Å². The molecule has 0 radical (unpaired) electrons. The normalized spacial score (nSPS) is 10.6. The van der Waals surface area contributed by atoms with Crippen molar-refractivity contribution in [2.24, 2.45) is 0 Å². The van der Waals surface area contributed by atoms with Gasteiger partial charge in [0.05, 0.1) is 4.88 Å². The van der Waals surface area contributed by atoms with Crippen LogP contribution >= 0.6 is 22.7 Å². The molecule has 14 heavy (non-hydrogen) atoms. The van der Waals surface area contributed by atoms with Gasteiger partial charge in [-0.05, 0) is 23.9 Å². The zero-order valence-corrected chi connectivity index (χ0v) is 9.50. The first kappa shape index (κ1) is 9.68. The summed E-state index contributed by atoms with van der Waals surface area (Å²) in [7, 11) is 0. The Hall–Kier alpha value is -0.870. The van der Waals surface area contributed by atoms with E-state index in [0.29, 0.717) is 0 Å². The van der Waals surface area contributed by atoms with Crippen LogP contribution in [-0.2, 0) is 0 Å². The maximum Gasteiger partial charge on any atom is 0.261 e. The molecule has 1 amide bonds. The lowest BCUT2D eigenvalue weighted by Crippen LogP contribution is -2.22. The summed E-state index contributed by atoms with van der Waals surface area (Å²) in [5, 5.41) is 4.93. The maximum atomic E-state index is 11.6. The number of nitrogens with one attached hydrogen (secondary N) is 1. The Morgan fingerprint density at radius 2 is 2.36 bits per heavy atom. The minimum atomic E-state index is 0.0558. The Balaban J connectivity index is 2.18. The summed E-state index contributed by atoms with van der Waals surface area (Å²) in [4.78, 5) is 12.4. The zero-order chi connectivity index (χ0) is 9.97. The average Bonchev–Trinajstić information content (AvgIpc) is 2.72. The molecule has 2 aromatic heterocycles. The van der Waals surface area contributed by atoms with Gasteiger partial charge in [0, 0.05) is 15.9 Å². The fourth-order valence-electron chi connectivity index (χ4n) is 1.20. The molecule has 0 spiro atoms. The predicted molar refractivity (Wildman–Crippen MR) is 62.3 cm³/mol. The quantitative estimate of drug-likeness (QED) is 0.854. The largest absolute Gasteiger partial charge is 0.351 e. The van der Waals surface area contributed by atoms with Gasteiger partial charge in [-0.25, -0.2) is 0 Å². The van der Waals surface area contributed by atoms with Crippen LogP contribution < -0.4 is 5.32 Å². The van der Waals surface area contributed by atoms with Crippen molar-refractivity contribution >= 4 is 38.0 Å². The van der Waals surface area contributed by atoms with Gasteiger partial charge in [-0.1, -0.05) is 6.92 Å². The second kappa shape index (κ2) is 4.11. The molecule has 2 heterocycles. The van der Waals surface area contributed by atoms with E-state index in [4.69, 9.17) is 0 Å². The van der Waals surface area contributed by atoms with E-state index in [2.05, 4.69) is 16.8 Å². The summed E-state index contributed by atoms with van der Waals surface area (Å²) in [6.07, 6.45) is 0.978. The van der Waals surface area contributed by atoms with Crippen molar-refractivity contribution in [1.82, 2.24) is 5.32 Å². The lowest BCUT2D eigenvalue weighted by molar-refractivity contribution is 0.0958. The first-order valence-electron chi connectivity index (χ1n) is 4.56. The molecule has 0 aliphatic heterocycles. The molecule has 0 saturated heterocycles. The third-order valence-electron chi connectivity index (χ3n) is 1.90. The van der Waals surface area contributed by atoms with Crippen LogP contribution in [0.25, 0.3) is 9.40 Å². The minimum absolute atomic E-state index is 0.0558. The van der Waals surface area contributed by atoms with E-state index in [-0.39, 0.29) is 5.91 Å². The van der Waals surface area contributed by atoms with Gasteiger partial charge in [0.1, 0.15) is 0 Å². The Morgan fingerprint density at radius 3 is 3.07 bits per heavy atom. The van der Waals surface area contributed by atoms with Crippen LogP contribution in [0.5, 0.6) is 0 Å². The fraction of sp³-hybridized carbons (Fsp3) is 0.300. The number of carbonyl (C=O) groups excluding carboxylic acids is 1. The number of fused-ring (bicyclic) bond motifs is 1. The second-order valence-corrected chi connectivity index (χ2v) is 5.05. The molecule has 2 nitrogen and oxygen atoms in total. The third kappa shape index (κ3) is 1.81. The lowest BCUT2D eigenvalue weighted by atomic mass is 10.4. The number of rotatable bonds is 3. The highest BCUT2D eigenvalue weighted by Crippen LogP contribution is 2.29. The van der Waals surface area contributed by atoms with Crippen molar-refractivity contribution in [3.8, 4) is 0 Å². The van der Waals surface area contributed by atoms with E-state index < -0.39 is 0 Å². The van der Waals surface area contributed by atoms with Crippen molar-refractivity contribution in [2.45, 2.75) is 13.3 Å². The summed E-state index contributed by atoms with van der Waals surface area (Å²) in [5.41, 5.74) is 0. The standard InChI is InChI=1S/C10H11NOS2/c1-2-4-11-10(12)9-6-8-7(14-9)3-5-13-8/h3,5-6H,2,4H2,1H3,(H,11,12). The van der Waals surface area contributed by atoms with E-state index in [1.807, 2.05) is 13.0 Å². The van der Waals surface area contributed by atoms with Crippen molar-refractivity contribution in [2.75, 3.05) is 6.54 Å². The van der Waals surface area contributed by atoms with Gasteiger partial charge in [0.2, 0.25) is 0 Å². The summed E-state index contributed by atoms with van der Waals surface area (Å²) in [6, 6.07) is 4.02. The molecule has 74 valence electrons.